The first-order valence-electron chi connectivity index (χ1n) is 4.75. The van der Waals surface area contributed by atoms with E-state index in [4.69, 9.17) is 10.5 Å². The lowest BCUT2D eigenvalue weighted by molar-refractivity contribution is 0.368. The zero-order valence-electron chi connectivity index (χ0n) is 8.87. The van der Waals surface area contributed by atoms with Gasteiger partial charge in [-0.2, -0.15) is 0 Å². The molecule has 3 heteroatoms. The van der Waals surface area contributed by atoms with Crippen LogP contribution < -0.4 is 10.5 Å². The van der Waals surface area contributed by atoms with Crippen LogP contribution in [0.15, 0.2) is 12.1 Å². The van der Waals surface area contributed by atoms with Crippen LogP contribution in [0.4, 0.5) is 0 Å². The van der Waals surface area contributed by atoms with Gasteiger partial charge in [0.05, 0.1) is 7.11 Å². The molecule has 1 rings (SSSR count). The lowest BCUT2D eigenvalue weighted by Crippen LogP contribution is -2.06. The molecule has 0 aliphatic heterocycles. The van der Waals surface area contributed by atoms with Crippen LogP contribution in [0.1, 0.15) is 31.0 Å². The highest BCUT2D eigenvalue weighted by molar-refractivity contribution is 5.49. The van der Waals surface area contributed by atoms with Crippen molar-refractivity contribution in [1.29, 1.82) is 0 Å². The summed E-state index contributed by atoms with van der Waals surface area (Å²) in [5, 5.41) is 9.77. The SMILES string of the molecule is CCc1cc(OC)c(O)c([C@H](C)N)c1. The molecule has 0 unspecified atom stereocenters. The van der Waals surface area contributed by atoms with Crippen LogP contribution in [-0.2, 0) is 6.42 Å². The Bertz CT molecular complexity index is 321. The quantitative estimate of drug-likeness (QED) is 0.775. The Morgan fingerprint density at radius 3 is 2.57 bits per heavy atom. The van der Waals surface area contributed by atoms with Gasteiger partial charge in [0.2, 0.25) is 0 Å². The third kappa shape index (κ3) is 1.99. The van der Waals surface area contributed by atoms with Gasteiger partial charge in [-0.1, -0.05) is 13.0 Å². The van der Waals surface area contributed by atoms with Gasteiger partial charge in [-0.05, 0) is 25.0 Å². The third-order valence-electron chi connectivity index (χ3n) is 2.28. The zero-order chi connectivity index (χ0) is 10.7. The summed E-state index contributed by atoms with van der Waals surface area (Å²) in [6.07, 6.45) is 0.899. The first kappa shape index (κ1) is 10.9. The Morgan fingerprint density at radius 2 is 2.14 bits per heavy atom. The van der Waals surface area contributed by atoms with Crippen LogP contribution >= 0.6 is 0 Å². The normalized spacial score (nSPS) is 12.6. The van der Waals surface area contributed by atoms with Crippen LogP contribution in [0.25, 0.3) is 0 Å². The Labute approximate surface area is 84.5 Å². The molecule has 0 aliphatic rings. The first-order chi connectivity index (χ1) is 6.60. The summed E-state index contributed by atoms with van der Waals surface area (Å²) in [4.78, 5) is 0. The van der Waals surface area contributed by atoms with E-state index >= 15 is 0 Å². The summed E-state index contributed by atoms with van der Waals surface area (Å²) in [5.74, 6) is 0.649. The maximum absolute atomic E-state index is 9.77. The van der Waals surface area contributed by atoms with Crippen molar-refractivity contribution in [3.8, 4) is 11.5 Å². The second-order valence-electron chi connectivity index (χ2n) is 3.38. The van der Waals surface area contributed by atoms with E-state index in [0.29, 0.717) is 5.75 Å². The van der Waals surface area contributed by atoms with E-state index in [2.05, 4.69) is 6.92 Å². The van der Waals surface area contributed by atoms with E-state index in [1.807, 2.05) is 19.1 Å². The van der Waals surface area contributed by atoms with Crippen molar-refractivity contribution in [2.45, 2.75) is 26.3 Å². The van der Waals surface area contributed by atoms with Crippen molar-refractivity contribution in [2.24, 2.45) is 5.73 Å². The van der Waals surface area contributed by atoms with Crippen molar-refractivity contribution in [1.82, 2.24) is 0 Å². The molecule has 0 radical (unpaired) electrons. The maximum Gasteiger partial charge on any atom is 0.162 e. The summed E-state index contributed by atoms with van der Waals surface area (Å²) in [6, 6.07) is 3.57. The number of rotatable bonds is 3. The average molecular weight is 195 g/mol. The lowest BCUT2D eigenvalue weighted by atomic mass is 10.0. The fraction of sp³-hybridized carbons (Fsp3) is 0.455. The van der Waals surface area contributed by atoms with E-state index in [-0.39, 0.29) is 11.8 Å². The monoisotopic (exact) mass is 195 g/mol. The second kappa shape index (κ2) is 4.33. The van der Waals surface area contributed by atoms with E-state index in [0.717, 1.165) is 17.5 Å². The van der Waals surface area contributed by atoms with Crippen LogP contribution in [0.5, 0.6) is 11.5 Å². The number of benzene rings is 1. The fourth-order valence-corrected chi connectivity index (χ4v) is 1.40. The van der Waals surface area contributed by atoms with Crippen LogP contribution in [0.3, 0.4) is 0 Å². The predicted molar refractivity (Wildman–Crippen MR) is 56.6 cm³/mol. The zero-order valence-corrected chi connectivity index (χ0v) is 8.87. The first-order valence-corrected chi connectivity index (χ1v) is 4.75. The molecule has 0 amide bonds. The minimum atomic E-state index is -0.185. The number of phenolic OH excluding ortho intramolecular Hbond substituents is 1. The summed E-state index contributed by atoms with van der Waals surface area (Å²) in [7, 11) is 1.54. The molecule has 0 heterocycles. The average Bonchev–Trinajstić information content (AvgIpc) is 2.17. The summed E-state index contributed by atoms with van der Waals surface area (Å²) < 4.78 is 5.07. The van der Waals surface area contributed by atoms with Gasteiger partial charge in [0.15, 0.2) is 11.5 Å². The minimum absolute atomic E-state index is 0.153. The molecule has 14 heavy (non-hydrogen) atoms. The molecule has 1 aromatic rings. The number of methoxy groups -OCH3 is 1. The molecule has 0 aliphatic carbocycles. The van der Waals surface area contributed by atoms with Crippen molar-refractivity contribution in [3.63, 3.8) is 0 Å². The Balaban J connectivity index is 3.27. The van der Waals surface area contributed by atoms with Crippen LogP contribution in [0, 0.1) is 0 Å². The largest absolute Gasteiger partial charge is 0.504 e. The third-order valence-corrected chi connectivity index (χ3v) is 2.28. The Morgan fingerprint density at radius 1 is 1.50 bits per heavy atom. The van der Waals surface area contributed by atoms with Crippen molar-refractivity contribution >= 4 is 0 Å². The molecule has 0 saturated carbocycles. The predicted octanol–water partition coefficient (Wildman–Crippen LogP) is 1.98. The number of aryl methyl sites for hydroxylation is 1. The minimum Gasteiger partial charge on any atom is -0.504 e. The van der Waals surface area contributed by atoms with E-state index in [9.17, 15) is 5.11 Å². The highest BCUT2D eigenvalue weighted by Gasteiger charge is 2.12. The second-order valence-corrected chi connectivity index (χ2v) is 3.38. The van der Waals surface area contributed by atoms with E-state index < -0.39 is 0 Å². The van der Waals surface area contributed by atoms with Gasteiger partial charge in [0.1, 0.15) is 0 Å². The van der Waals surface area contributed by atoms with Crippen molar-refractivity contribution in [2.75, 3.05) is 7.11 Å². The standard InChI is InChI=1S/C11H17NO2/c1-4-8-5-9(7(2)12)11(13)10(6-8)14-3/h5-7,13H,4,12H2,1-3H3/t7-/m0/s1. The summed E-state index contributed by atoms with van der Waals surface area (Å²) in [6.45, 7) is 3.89. The highest BCUT2D eigenvalue weighted by Crippen LogP contribution is 2.34. The van der Waals surface area contributed by atoms with Gasteiger partial charge in [0.25, 0.3) is 0 Å². The fourth-order valence-electron chi connectivity index (χ4n) is 1.40. The number of nitrogens with two attached hydrogens (primary N) is 1. The molecular formula is C11H17NO2. The Hall–Kier alpha value is -1.22. The topological polar surface area (TPSA) is 55.5 Å². The molecule has 0 fully saturated rings. The van der Waals surface area contributed by atoms with Gasteiger partial charge >= 0.3 is 0 Å². The number of aromatic hydroxyl groups is 1. The highest BCUT2D eigenvalue weighted by atomic mass is 16.5. The molecule has 1 aromatic carbocycles. The number of hydrogen-bond acceptors (Lipinski definition) is 3. The van der Waals surface area contributed by atoms with E-state index in [1.54, 1.807) is 7.11 Å². The molecule has 3 N–H and O–H groups in total. The number of phenols is 1. The van der Waals surface area contributed by atoms with Crippen molar-refractivity contribution < 1.29 is 9.84 Å². The smallest absolute Gasteiger partial charge is 0.162 e. The molecule has 1 atom stereocenters. The molecule has 0 saturated heterocycles. The van der Waals surface area contributed by atoms with Gasteiger partial charge in [0, 0.05) is 11.6 Å². The van der Waals surface area contributed by atoms with E-state index in [1.165, 1.54) is 0 Å². The van der Waals surface area contributed by atoms with Crippen LogP contribution in [-0.4, -0.2) is 12.2 Å². The molecule has 0 aromatic heterocycles. The van der Waals surface area contributed by atoms with Gasteiger partial charge in [-0.25, -0.2) is 0 Å². The van der Waals surface area contributed by atoms with Gasteiger partial charge < -0.3 is 15.6 Å². The molecule has 0 spiro atoms. The summed E-state index contributed by atoms with van der Waals surface area (Å²) in [5.41, 5.74) is 7.60. The Kier molecular flexibility index (Phi) is 3.36. The molecule has 0 bridgehead atoms. The van der Waals surface area contributed by atoms with Gasteiger partial charge in [-0.15, -0.1) is 0 Å². The number of ether oxygens (including phenoxy) is 1. The maximum atomic E-state index is 9.77. The summed E-state index contributed by atoms with van der Waals surface area (Å²) >= 11 is 0. The molecule has 3 nitrogen and oxygen atoms in total. The van der Waals surface area contributed by atoms with Crippen LogP contribution in [0.2, 0.25) is 0 Å². The van der Waals surface area contributed by atoms with Gasteiger partial charge in [-0.3, -0.25) is 0 Å². The van der Waals surface area contributed by atoms with Crippen molar-refractivity contribution in [3.05, 3.63) is 23.3 Å². The molecule has 78 valence electrons. The number of hydrogen-bond donors (Lipinski definition) is 2. The molecular weight excluding hydrogens is 178 g/mol. The lowest BCUT2D eigenvalue weighted by Gasteiger charge is -2.13.